The SMILES string of the molecule is NCc1ccc(N(Cc2ccccc2)C2CC2)c(F)c1Br. The minimum absolute atomic E-state index is 0.208. The van der Waals surface area contributed by atoms with Gasteiger partial charge in [-0.2, -0.15) is 0 Å². The lowest BCUT2D eigenvalue weighted by Gasteiger charge is -2.26. The van der Waals surface area contributed by atoms with Gasteiger partial charge in [-0.15, -0.1) is 0 Å². The molecule has 0 saturated heterocycles. The number of hydrogen-bond acceptors (Lipinski definition) is 2. The molecule has 110 valence electrons. The first-order valence-corrected chi connectivity index (χ1v) is 7.97. The van der Waals surface area contributed by atoms with Crippen molar-refractivity contribution in [3.8, 4) is 0 Å². The van der Waals surface area contributed by atoms with Crippen molar-refractivity contribution in [1.29, 1.82) is 0 Å². The van der Waals surface area contributed by atoms with Crippen molar-refractivity contribution in [3.63, 3.8) is 0 Å². The van der Waals surface area contributed by atoms with Gasteiger partial charge in [0.05, 0.1) is 10.2 Å². The van der Waals surface area contributed by atoms with Gasteiger partial charge >= 0.3 is 0 Å². The summed E-state index contributed by atoms with van der Waals surface area (Å²) in [5.41, 5.74) is 8.28. The molecule has 0 unspecified atom stereocenters. The molecule has 3 rings (SSSR count). The lowest BCUT2D eigenvalue weighted by Crippen LogP contribution is -2.26. The number of anilines is 1. The molecule has 0 heterocycles. The van der Waals surface area contributed by atoms with E-state index in [4.69, 9.17) is 5.73 Å². The molecule has 1 saturated carbocycles. The number of nitrogens with two attached hydrogens (primary N) is 1. The smallest absolute Gasteiger partial charge is 0.160 e. The molecule has 1 aliphatic rings. The average molecular weight is 349 g/mol. The van der Waals surface area contributed by atoms with Crippen molar-refractivity contribution >= 4 is 21.6 Å². The molecule has 0 radical (unpaired) electrons. The van der Waals surface area contributed by atoms with E-state index in [0.29, 0.717) is 22.7 Å². The van der Waals surface area contributed by atoms with Crippen molar-refractivity contribution in [2.24, 2.45) is 5.73 Å². The third-order valence-electron chi connectivity index (χ3n) is 3.85. The summed E-state index contributed by atoms with van der Waals surface area (Å²) in [6, 6.07) is 14.4. The lowest BCUT2D eigenvalue weighted by atomic mass is 10.1. The maximum Gasteiger partial charge on any atom is 0.160 e. The first kappa shape index (κ1) is 14.5. The number of halogens is 2. The monoisotopic (exact) mass is 348 g/mol. The fourth-order valence-electron chi connectivity index (χ4n) is 2.54. The van der Waals surface area contributed by atoms with Gasteiger partial charge in [0, 0.05) is 19.1 Å². The van der Waals surface area contributed by atoms with Gasteiger partial charge in [-0.05, 0) is 46.0 Å². The van der Waals surface area contributed by atoms with Gasteiger partial charge in [0.1, 0.15) is 0 Å². The van der Waals surface area contributed by atoms with Gasteiger partial charge in [0.2, 0.25) is 0 Å². The zero-order valence-corrected chi connectivity index (χ0v) is 13.3. The Morgan fingerprint density at radius 1 is 1.14 bits per heavy atom. The summed E-state index contributed by atoms with van der Waals surface area (Å²) in [5.74, 6) is -0.208. The van der Waals surface area contributed by atoms with Crippen molar-refractivity contribution < 1.29 is 4.39 Å². The van der Waals surface area contributed by atoms with E-state index >= 15 is 0 Å². The van der Waals surface area contributed by atoms with Gasteiger partial charge < -0.3 is 10.6 Å². The standard InChI is InChI=1S/C17H18BrFN2/c18-16-13(10-20)6-9-15(17(16)19)21(14-7-8-14)11-12-4-2-1-3-5-12/h1-6,9,14H,7-8,10-11,20H2. The molecular formula is C17H18BrFN2. The second-order valence-corrected chi connectivity index (χ2v) is 6.21. The Bertz CT molecular complexity index is 626. The maximum atomic E-state index is 14.6. The van der Waals surface area contributed by atoms with Crippen LogP contribution in [0.5, 0.6) is 0 Å². The maximum absolute atomic E-state index is 14.6. The highest BCUT2D eigenvalue weighted by Gasteiger charge is 2.31. The molecule has 21 heavy (non-hydrogen) atoms. The Morgan fingerprint density at radius 2 is 1.86 bits per heavy atom. The Kier molecular flexibility index (Phi) is 4.27. The minimum atomic E-state index is -0.208. The molecule has 0 aromatic heterocycles. The van der Waals surface area contributed by atoms with Crippen LogP contribution >= 0.6 is 15.9 Å². The van der Waals surface area contributed by atoms with Gasteiger partial charge in [-0.3, -0.25) is 0 Å². The molecule has 2 N–H and O–H groups in total. The number of benzene rings is 2. The highest BCUT2D eigenvalue weighted by Crippen LogP contribution is 2.37. The van der Waals surface area contributed by atoms with E-state index in [0.717, 1.165) is 24.9 Å². The molecule has 0 spiro atoms. The van der Waals surface area contributed by atoms with E-state index in [-0.39, 0.29) is 5.82 Å². The van der Waals surface area contributed by atoms with Crippen LogP contribution in [0.1, 0.15) is 24.0 Å². The molecule has 2 nitrogen and oxygen atoms in total. The van der Waals surface area contributed by atoms with E-state index in [1.54, 1.807) is 0 Å². The normalized spacial score (nSPS) is 14.2. The van der Waals surface area contributed by atoms with E-state index in [9.17, 15) is 4.39 Å². The highest BCUT2D eigenvalue weighted by molar-refractivity contribution is 9.10. The minimum Gasteiger partial charge on any atom is -0.362 e. The van der Waals surface area contributed by atoms with Crippen LogP contribution in [-0.2, 0) is 13.1 Å². The number of hydrogen-bond donors (Lipinski definition) is 1. The molecule has 4 heteroatoms. The zero-order chi connectivity index (χ0) is 14.8. The van der Waals surface area contributed by atoms with E-state index < -0.39 is 0 Å². The summed E-state index contributed by atoms with van der Waals surface area (Å²) in [7, 11) is 0. The van der Waals surface area contributed by atoms with Gasteiger partial charge in [-0.25, -0.2) is 4.39 Å². The van der Waals surface area contributed by atoms with Crippen molar-refractivity contribution in [2.75, 3.05) is 4.90 Å². The predicted octanol–water partition coefficient (Wildman–Crippen LogP) is 4.22. The summed E-state index contributed by atoms with van der Waals surface area (Å²) < 4.78 is 15.1. The van der Waals surface area contributed by atoms with Crippen LogP contribution in [0.2, 0.25) is 0 Å². The molecule has 1 fully saturated rings. The molecule has 0 aliphatic heterocycles. The largest absolute Gasteiger partial charge is 0.362 e. The van der Waals surface area contributed by atoms with Gasteiger partial charge in [-0.1, -0.05) is 36.4 Å². The van der Waals surface area contributed by atoms with Crippen LogP contribution in [0, 0.1) is 5.82 Å². The number of nitrogens with zero attached hydrogens (tertiary/aromatic N) is 1. The Labute approximate surface area is 132 Å². The summed E-state index contributed by atoms with van der Waals surface area (Å²) in [5, 5.41) is 0. The third kappa shape index (κ3) is 3.11. The van der Waals surface area contributed by atoms with Crippen LogP contribution in [0.15, 0.2) is 46.9 Å². The third-order valence-corrected chi connectivity index (χ3v) is 4.71. The van der Waals surface area contributed by atoms with E-state index in [2.05, 4.69) is 33.0 Å². The molecule has 2 aromatic carbocycles. The second-order valence-electron chi connectivity index (χ2n) is 5.42. The molecule has 2 aromatic rings. The molecule has 0 atom stereocenters. The summed E-state index contributed by atoms with van der Waals surface area (Å²) >= 11 is 3.33. The van der Waals surface area contributed by atoms with Crippen molar-refractivity contribution in [1.82, 2.24) is 0 Å². The van der Waals surface area contributed by atoms with Gasteiger partial charge in [0.15, 0.2) is 5.82 Å². The van der Waals surface area contributed by atoms with Crippen LogP contribution < -0.4 is 10.6 Å². The highest BCUT2D eigenvalue weighted by atomic mass is 79.9. The van der Waals surface area contributed by atoms with Crippen LogP contribution in [-0.4, -0.2) is 6.04 Å². The predicted molar refractivity (Wildman–Crippen MR) is 87.6 cm³/mol. The van der Waals surface area contributed by atoms with Crippen LogP contribution in [0.4, 0.5) is 10.1 Å². The Balaban J connectivity index is 1.93. The molecule has 0 bridgehead atoms. The van der Waals surface area contributed by atoms with Crippen LogP contribution in [0.3, 0.4) is 0 Å². The fourth-order valence-corrected chi connectivity index (χ4v) is 3.03. The summed E-state index contributed by atoms with van der Waals surface area (Å²) in [6.45, 7) is 1.07. The topological polar surface area (TPSA) is 29.3 Å². The summed E-state index contributed by atoms with van der Waals surface area (Å²) in [4.78, 5) is 2.16. The van der Waals surface area contributed by atoms with Crippen molar-refractivity contribution in [2.45, 2.75) is 32.0 Å². The van der Waals surface area contributed by atoms with E-state index in [1.807, 2.05) is 30.3 Å². The Morgan fingerprint density at radius 3 is 2.48 bits per heavy atom. The van der Waals surface area contributed by atoms with Crippen molar-refractivity contribution in [3.05, 3.63) is 63.9 Å². The molecular weight excluding hydrogens is 331 g/mol. The lowest BCUT2D eigenvalue weighted by molar-refractivity contribution is 0.606. The van der Waals surface area contributed by atoms with E-state index in [1.165, 1.54) is 5.56 Å². The molecule has 0 amide bonds. The number of rotatable bonds is 5. The second kappa shape index (κ2) is 6.16. The fraction of sp³-hybridized carbons (Fsp3) is 0.294. The Hall–Kier alpha value is -1.39. The van der Waals surface area contributed by atoms with Gasteiger partial charge in [0.25, 0.3) is 0 Å². The molecule has 1 aliphatic carbocycles. The quantitative estimate of drug-likeness (QED) is 0.876. The summed E-state index contributed by atoms with van der Waals surface area (Å²) in [6.07, 6.45) is 2.26. The average Bonchev–Trinajstić information content (AvgIpc) is 3.34. The first-order valence-electron chi connectivity index (χ1n) is 7.18. The zero-order valence-electron chi connectivity index (χ0n) is 11.7. The first-order chi connectivity index (χ1) is 10.2. The van der Waals surface area contributed by atoms with Crippen LogP contribution in [0.25, 0.3) is 0 Å².